The van der Waals surface area contributed by atoms with Gasteiger partial charge in [-0.25, -0.2) is 18.4 Å². The molecule has 3 aromatic carbocycles. The van der Waals surface area contributed by atoms with Crippen LogP contribution in [0.3, 0.4) is 0 Å². The molecule has 0 aliphatic carbocycles. The van der Waals surface area contributed by atoms with Crippen molar-refractivity contribution in [3.8, 4) is 11.8 Å². The number of esters is 1. The summed E-state index contributed by atoms with van der Waals surface area (Å²) in [7, 11) is -3.89. The molecule has 7 nitrogen and oxygen atoms in total. The van der Waals surface area contributed by atoms with E-state index in [-0.39, 0.29) is 16.1 Å². The number of nitrogens with one attached hydrogen (secondary N) is 1. The summed E-state index contributed by atoms with van der Waals surface area (Å²) in [6, 6.07) is 21.4. The Labute approximate surface area is 179 Å². The van der Waals surface area contributed by atoms with Gasteiger partial charge in [0.05, 0.1) is 10.5 Å². The predicted octanol–water partition coefficient (Wildman–Crippen LogP) is 2.53. The van der Waals surface area contributed by atoms with Crippen molar-refractivity contribution in [1.29, 1.82) is 0 Å². The lowest BCUT2D eigenvalue weighted by Crippen LogP contribution is -2.21. The molecule has 0 heterocycles. The van der Waals surface area contributed by atoms with E-state index in [1.807, 2.05) is 30.3 Å². The van der Waals surface area contributed by atoms with Crippen LogP contribution in [-0.2, 0) is 19.6 Å². The average molecular weight is 434 g/mol. The van der Waals surface area contributed by atoms with Crippen molar-refractivity contribution in [3.05, 3.63) is 95.6 Å². The Morgan fingerprint density at radius 1 is 0.871 bits per heavy atom. The monoisotopic (exact) mass is 434 g/mol. The number of carbonyl (C=O) groups is 2. The molecule has 3 rings (SSSR count). The summed E-state index contributed by atoms with van der Waals surface area (Å²) in [6.07, 6.45) is 0. The maximum Gasteiger partial charge on any atom is 0.338 e. The highest BCUT2D eigenvalue weighted by atomic mass is 32.2. The van der Waals surface area contributed by atoms with Gasteiger partial charge in [0.1, 0.15) is 0 Å². The van der Waals surface area contributed by atoms with Gasteiger partial charge in [0.15, 0.2) is 6.61 Å². The third-order valence-corrected chi connectivity index (χ3v) is 4.94. The number of carbonyl (C=O) groups excluding carboxylic acids is 2. The topological polar surface area (TPSA) is 116 Å². The molecule has 8 heteroatoms. The van der Waals surface area contributed by atoms with Crippen LogP contribution in [0.25, 0.3) is 0 Å². The van der Waals surface area contributed by atoms with Crippen LogP contribution in [0.4, 0.5) is 5.69 Å². The van der Waals surface area contributed by atoms with Gasteiger partial charge in [-0.15, -0.1) is 0 Å². The fourth-order valence-corrected chi connectivity index (χ4v) is 3.08. The Hall–Kier alpha value is -3.93. The van der Waals surface area contributed by atoms with Gasteiger partial charge in [-0.3, -0.25) is 4.79 Å². The van der Waals surface area contributed by atoms with Gasteiger partial charge in [0, 0.05) is 16.8 Å². The summed E-state index contributed by atoms with van der Waals surface area (Å²) in [5.74, 6) is 4.73. The second kappa shape index (κ2) is 9.71. The molecule has 1 amide bonds. The van der Waals surface area contributed by atoms with E-state index in [0.29, 0.717) is 0 Å². The molecule has 0 aliphatic heterocycles. The van der Waals surface area contributed by atoms with Crippen molar-refractivity contribution < 1.29 is 22.7 Å². The molecule has 31 heavy (non-hydrogen) atoms. The zero-order chi connectivity index (χ0) is 22.3. The number of nitrogens with two attached hydrogens (primary N) is 1. The molecule has 0 saturated heterocycles. The number of sulfonamides is 1. The number of amides is 1. The lowest BCUT2D eigenvalue weighted by molar-refractivity contribution is -0.119. The first kappa shape index (κ1) is 21.8. The first-order valence-corrected chi connectivity index (χ1v) is 10.6. The van der Waals surface area contributed by atoms with E-state index < -0.39 is 28.5 Å². The highest BCUT2D eigenvalue weighted by molar-refractivity contribution is 7.89. The molecular formula is C23H18N2O5S. The fraction of sp³-hybridized carbons (Fsp3) is 0.0435. The number of benzene rings is 3. The second-order valence-electron chi connectivity index (χ2n) is 6.39. The summed E-state index contributed by atoms with van der Waals surface area (Å²) in [5, 5.41) is 7.51. The highest BCUT2D eigenvalue weighted by Gasteiger charge is 2.12. The van der Waals surface area contributed by atoms with Crippen molar-refractivity contribution in [2.75, 3.05) is 11.9 Å². The largest absolute Gasteiger partial charge is 0.452 e. The van der Waals surface area contributed by atoms with Crippen LogP contribution in [0.15, 0.2) is 83.8 Å². The van der Waals surface area contributed by atoms with Crippen molar-refractivity contribution in [2.45, 2.75) is 4.90 Å². The standard InChI is InChI=1S/C23H18N2O5S/c24-31(28,29)21-8-4-7-20(15-21)25-22(26)16-30-23(27)19-13-11-18(12-14-19)10-9-17-5-2-1-3-6-17/h1-8,11-15H,16H2,(H,25,26)(H2,24,28,29). The van der Waals surface area contributed by atoms with E-state index in [1.54, 1.807) is 24.3 Å². The summed E-state index contributed by atoms with van der Waals surface area (Å²) in [4.78, 5) is 24.0. The van der Waals surface area contributed by atoms with Gasteiger partial charge in [0.25, 0.3) is 5.91 Å². The molecule has 0 aliphatic rings. The van der Waals surface area contributed by atoms with Gasteiger partial charge >= 0.3 is 5.97 Å². The Kier molecular flexibility index (Phi) is 6.82. The highest BCUT2D eigenvalue weighted by Crippen LogP contribution is 2.14. The number of ether oxygens (including phenoxy) is 1. The molecule has 0 bridgehead atoms. The van der Waals surface area contributed by atoms with Gasteiger partial charge < -0.3 is 10.1 Å². The van der Waals surface area contributed by atoms with Gasteiger partial charge in [0.2, 0.25) is 10.0 Å². The predicted molar refractivity (Wildman–Crippen MR) is 116 cm³/mol. The van der Waals surface area contributed by atoms with Crippen LogP contribution in [0.1, 0.15) is 21.5 Å². The van der Waals surface area contributed by atoms with Gasteiger partial charge in [-0.1, -0.05) is 36.1 Å². The quantitative estimate of drug-likeness (QED) is 0.473. The first-order chi connectivity index (χ1) is 14.8. The van der Waals surface area contributed by atoms with Gasteiger partial charge in [-0.05, 0) is 54.6 Å². The molecule has 3 N–H and O–H groups in total. The molecule has 156 valence electrons. The SMILES string of the molecule is NS(=O)(=O)c1cccc(NC(=O)COC(=O)c2ccc(C#Cc3ccccc3)cc2)c1. The molecule has 0 unspecified atom stereocenters. The number of hydrogen-bond donors (Lipinski definition) is 2. The smallest absolute Gasteiger partial charge is 0.338 e. The summed E-state index contributed by atoms with van der Waals surface area (Å²) in [6.45, 7) is -0.534. The Morgan fingerprint density at radius 3 is 2.16 bits per heavy atom. The number of hydrogen-bond acceptors (Lipinski definition) is 5. The van der Waals surface area contributed by atoms with Crippen LogP contribution in [-0.4, -0.2) is 26.9 Å². The normalized spacial score (nSPS) is 10.5. The van der Waals surface area contributed by atoms with Crippen LogP contribution >= 0.6 is 0 Å². The van der Waals surface area contributed by atoms with Crippen molar-refractivity contribution >= 4 is 27.6 Å². The van der Waals surface area contributed by atoms with E-state index in [0.717, 1.165) is 11.1 Å². The number of primary sulfonamides is 1. The maximum absolute atomic E-state index is 12.1. The fourth-order valence-electron chi connectivity index (χ4n) is 2.52. The molecule has 0 fully saturated rings. The molecule has 0 spiro atoms. The molecular weight excluding hydrogens is 416 g/mol. The second-order valence-corrected chi connectivity index (χ2v) is 7.95. The molecule has 0 saturated carbocycles. The van der Waals surface area contributed by atoms with Gasteiger partial charge in [-0.2, -0.15) is 0 Å². The average Bonchev–Trinajstić information content (AvgIpc) is 2.77. The maximum atomic E-state index is 12.1. The first-order valence-electron chi connectivity index (χ1n) is 9.08. The molecule has 0 atom stereocenters. The number of anilines is 1. The van der Waals surface area contributed by atoms with Crippen LogP contribution < -0.4 is 10.5 Å². The van der Waals surface area contributed by atoms with Crippen LogP contribution in [0.2, 0.25) is 0 Å². The zero-order valence-corrected chi connectivity index (χ0v) is 17.1. The third-order valence-electron chi connectivity index (χ3n) is 4.03. The lowest BCUT2D eigenvalue weighted by Gasteiger charge is -2.08. The third kappa shape index (κ3) is 6.54. The molecule has 3 aromatic rings. The summed E-state index contributed by atoms with van der Waals surface area (Å²) in [5.41, 5.74) is 2.10. The lowest BCUT2D eigenvalue weighted by atomic mass is 10.1. The van der Waals surface area contributed by atoms with Crippen molar-refractivity contribution in [2.24, 2.45) is 5.14 Å². The van der Waals surface area contributed by atoms with E-state index in [1.165, 1.54) is 24.3 Å². The number of rotatable bonds is 5. The summed E-state index contributed by atoms with van der Waals surface area (Å²) < 4.78 is 27.7. The zero-order valence-electron chi connectivity index (χ0n) is 16.2. The Balaban J connectivity index is 1.55. The van der Waals surface area contributed by atoms with E-state index >= 15 is 0 Å². The Morgan fingerprint density at radius 2 is 1.52 bits per heavy atom. The molecule has 0 radical (unpaired) electrons. The van der Waals surface area contributed by atoms with Crippen LogP contribution in [0.5, 0.6) is 0 Å². The minimum Gasteiger partial charge on any atom is -0.452 e. The minimum atomic E-state index is -3.89. The summed E-state index contributed by atoms with van der Waals surface area (Å²) >= 11 is 0. The van der Waals surface area contributed by atoms with Crippen molar-refractivity contribution in [1.82, 2.24) is 0 Å². The van der Waals surface area contributed by atoms with E-state index in [4.69, 9.17) is 9.88 Å². The minimum absolute atomic E-state index is 0.141. The van der Waals surface area contributed by atoms with Crippen LogP contribution in [0, 0.1) is 11.8 Å². The molecule has 0 aromatic heterocycles. The van der Waals surface area contributed by atoms with Crippen molar-refractivity contribution in [3.63, 3.8) is 0 Å². The van der Waals surface area contributed by atoms with E-state index in [2.05, 4.69) is 17.2 Å². The van der Waals surface area contributed by atoms with E-state index in [9.17, 15) is 18.0 Å². The Bertz CT molecular complexity index is 1260.